The second-order valence-corrected chi connectivity index (χ2v) is 4.39. The van der Waals surface area contributed by atoms with E-state index in [4.69, 9.17) is 4.52 Å². The maximum absolute atomic E-state index is 11.6. The number of hydrogen-bond donors (Lipinski definition) is 2. The van der Waals surface area contributed by atoms with E-state index in [0.29, 0.717) is 17.4 Å². The molecule has 2 rings (SSSR count). The summed E-state index contributed by atoms with van der Waals surface area (Å²) in [6.07, 6.45) is 1.76. The Morgan fingerprint density at radius 3 is 3.06 bits per heavy atom. The SMILES string of the molecule is Cc1nc(CNC(=O)c2cc(I)c[nH]2)no1. The zero-order chi connectivity index (χ0) is 11.5. The number of carbonyl (C=O) groups is 1. The molecule has 2 aromatic heterocycles. The van der Waals surface area contributed by atoms with Gasteiger partial charge < -0.3 is 14.8 Å². The Hall–Kier alpha value is -1.38. The van der Waals surface area contributed by atoms with E-state index in [2.05, 4.69) is 43.0 Å². The largest absolute Gasteiger partial charge is 0.356 e. The van der Waals surface area contributed by atoms with Crippen molar-refractivity contribution in [2.24, 2.45) is 0 Å². The third-order valence-electron chi connectivity index (χ3n) is 1.87. The summed E-state index contributed by atoms with van der Waals surface area (Å²) in [4.78, 5) is 18.4. The number of aryl methyl sites for hydroxylation is 1. The molecule has 0 fully saturated rings. The summed E-state index contributed by atoms with van der Waals surface area (Å²) in [5, 5.41) is 6.36. The highest BCUT2D eigenvalue weighted by Gasteiger charge is 2.09. The summed E-state index contributed by atoms with van der Waals surface area (Å²) >= 11 is 2.13. The van der Waals surface area contributed by atoms with Crippen LogP contribution in [0, 0.1) is 10.5 Å². The first-order chi connectivity index (χ1) is 7.65. The van der Waals surface area contributed by atoms with Crippen LogP contribution in [-0.2, 0) is 6.54 Å². The fraction of sp³-hybridized carbons (Fsp3) is 0.222. The third kappa shape index (κ3) is 2.60. The van der Waals surface area contributed by atoms with Crippen LogP contribution in [0.1, 0.15) is 22.2 Å². The van der Waals surface area contributed by atoms with E-state index in [1.807, 2.05) is 0 Å². The molecule has 2 N–H and O–H groups in total. The van der Waals surface area contributed by atoms with E-state index >= 15 is 0 Å². The van der Waals surface area contributed by atoms with Gasteiger partial charge in [-0.2, -0.15) is 4.98 Å². The van der Waals surface area contributed by atoms with Crippen LogP contribution in [0.15, 0.2) is 16.8 Å². The summed E-state index contributed by atoms with van der Waals surface area (Å²) in [5.74, 6) is 0.760. The quantitative estimate of drug-likeness (QED) is 0.829. The number of aromatic amines is 1. The van der Waals surface area contributed by atoms with Gasteiger partial charge in [0.05, 0.1) is 6.54 Å². The molecule has 0 unspecified atom stereocenters. The standard InChI is InChI=1S/C9H9IN4O2/c1-5-13-8(14-16-5)4-12-9(15)7-2-6(10)3-11-7/h2-3,11H,4H2,1H3,(H,12,15). The van der Waals surface area contributed by atoms with Crippen molar-refractivity contribution in [3.8, 4) is 0 Å². The molecule has 6 nitrogen and oxygen atoms in total. The van der Waals surface area contributed by atoms with Crippen LogP contribution >= 0.6 is 22.6 Å². The van der Waals surface area contributed by atoms with E-state index in [9.17, 15) is 4.79 Å². The monoisotopic (exact) mass is 332 g/mol. The average Bonchev–Trinajstić information content (AvgIpc) is 2.84. The van der Waals surface area contributed by atoms with Crippen molar-refractivity contribution in [3.05, 3.63) is 33.2 Å². The number of nitrogens with zero attached hydrogens (tertiary/aromatic N) is 2. The molecular formula is C9H9IN4O2. The molecule has 0 radical (unpaired) electrons. The number of hydrogen-bond acceptors (Lipinski definition) is 4. The van der Waals surface area contributed by atoms with Crippen molar-refractivity contribution in [2.45, 2.75) is 13.5 Å². The van der Waals surface area contributed by atoms with E-state index in [1.54, 1.807) is 19.2 Å². The van der Waals surface area contributed by atoms with Gasteiger partial charge in [0.2, 0.25) is 5.89 Å². The number of H-pyrrole nitrogens is 1. The molecule has 0 aliphatic heterocycles. The number of carbonyl (C=O) groups excluding carboxylic acids is 1. The number of aromatic nitrogens is 3. The van der Waals surface area contributed by atoms with Gasteiger partial charge in [0.15, 0.2) is 5.82 Å². The van der Waals surface area contributed by atoms with E-state index < -0.39 is 0 Å². The molecule has 0 bridgehead atoms. The zero-order valence-electron chi connectivity index (χ0n) is 8.45. The normalized spacial score (nSPS) is 10.4. The molecule has 16 heavy (non-hydrogen) atoms. The topological polar surface area (TPSA) is 83.8 Å². The molecule has 0 saturated carbocycles. The van der Waals surface area contributed by atoms with Crippen molar-refractivity contribution in [1.82, 2.24) is 20.4 Å². The molecule has 2 heterocycles. The van der Waals surface area contributed by atoms with Gasteiger partial charge in [-0.3, -0.25) is 4.79 Å². The first kappa shape index (κ1) is 11.1. The Bertz CT molecular complexity index is 505. The van der Waals surface area contributed by atoms with Crippen LogP contribution in [0.25, 0.3) is 0 Å². The molecule has 7 heteroatoms. The predicted molar refractivity (Wildman–Crippen MR) is 63.7 cm³/mol. The highest BCUT2D eigenvalue weighted by Crippen LogP contribution is 2.06. The minimum atomic E-state index is -0.189. The Labute approximate surface area is 105 Å². The summed E-state index contributed by atoms with van der Waals surface area (Å²) in [6.45, 7) is 1.96. The van der Waals surface area contributed by atoms with Gasteiger partial charge in [-0.25, -0.2) is 0 Å². The van der Waals surface area contributed by atoms with Gasteiger partial charge in [-0.1, -0.05) is 5.16 Å². The number of rotatable bonds is 3. The summed E-state index contributed by atoms with van der Waals surface area (Å²) in [7, 11) is 0. The number of halogens is 1. The van der Waals surface area contributed by atoms with Crippen molar-refractivity contribution in [2.75, 3.05) is 0 Å². The molecule has 1 amide bonds. The van der Waals surface area contributed by atoms with Crippen LogP contribution in [0.5, 0.6) is 0 Å². The molecule has 84 valence electrons. The van der Waals surface area contributed by atoms with Crippen molar-refractivity contribution in [1.29, 1.82) is 0 Å². The van der Waals surface area contributed by atoms with Gasteiger partial charge in [-0.05, 0) is 28.7 Å². The molecule has 0 aliphatic carbocycles. The van der Waals surface area contributed by atoms with Crippen molar-refractivity contribution < 1.29 is 9.32 Å². The molecule has 0 aromatic carbocycles. The first-order valence-electron chi connectivity index (χ1n) is 4.56. The Kier molecular flexibility index (Phi) is 3.22. The summed E-state index contributed by atoms with van der Waals surface area (Å²) in [5.41, 5.74) is 0.518. The average molecular weight is 332 g/mol. The van der Waals surface area contributed by atoms with Crippen molar-refractivity contribution in [3.63, 3.8) is 0 Å². The molecule has 0 atom stereocenters. The lowest BCUT2D eigenvalue weighted by Gasteiger charge is -1.98. The minimum absolute atomic E-state index is 0.189. The van der Waals surface area contributed by atoms with Crippen LogP contribution < -0.4 is 5.32 Å². The lowest BCUT2D eigenvalue weighted by atomic mass is 10.4. The number of amides is 1. The molecule has 0 aliphatic rings. The highest BCUT2D eigenvalue weighted by molar-refractivity contribution is 14.1. The minimum Gasteiger partial charge on any atom is -0.356 e. The molecule has 2 aromatic rings. The Morgan fingerprint density at radius 2 is 2.50 bits per heavy atom. The van der Waals surface area contributed by atoms with Crippen LogP contribution in [0.3, 0.4) is 0 Å². The highest BCUT2D eigenvalue weighted by atomic mass is 127. The number of nitrogens with one attached hydrogen (secondary N) is 2. The van der Waals surface area contributed by atoms with Gasteiger partial charge in [0.1, 0.15) is 5.69 Å². The summed E-state index contributed by atoms with van der Waals surface area (Å²) < 4.78 is 5.77. The maximum Gasteiger partial charge on any atom is 0.268 e. The van der Waals surface area contributed by atoms with Gasteiger partial charge in [-0.15, -0.1) is 0 Å². The third-order valence-corrected chi connectivity index (χ3v) is 2.49. The van der Waals surface area contributed by atoms with E-state index in [0.717, 1.165) is 3.57 Å². The molecule has 0 saturated heterocycles. The van der Waals surface area contributed by atoms with Gasteiger partial charge >= 0.3 is 0 Å². The van der Waals surface area contributed by atoms with Gasteiger partial charge in [0, 0.05) is 16.7 Å². The van der Waals surface area contributed by atoms with Crippen LogP contribution in [-0.4, -0.2) is 21.0 Å². The Morgan fingerprint density at radius 1 is 1.69 bits per heavy atom. The molecule has 0 spiro atoms. The Balaban J connectivity index is 1.93. The van der Waals surface area contributed by atoms with Crippen LogP contribution in [0.2, 0.25) is 0 Å². The predicted octanol–water partition coefficient (Wildman–Crippen LogP) is 1.24. The zero-order valence-corrected chi connectivity index (χ0v) is 10.6. The second-order valence-electron chi connectivity index (χ2n) is 3.14. The van der Waals surface area contributed by atoms with Crippen LogP contribution in [0.4, 0.5) is 0 Å². The fourth-order valence-electron chi connectivity index (χ4n) is 1.17. The lowest BCUT2D eigenvalue weighted by molar-refractivity contribution is 0.0945. The van der Waals surface area contributed by atoms with E-state index in [-0.39, 0.29) is 12.5 Å². The maximum atomic E-state index is 11.6. The fourth-order valence-corrected chi connectivity index (χ4v) is 1.63. The molecular weight excluding hydrogens is 323 g/mol. The lowest BCUT2D eigenvalue weighted by Crippen LogP contribution is -2.23. The van der Waals surface area contributed by atoms with E-state index in [1.165, 1.54) is 0 Å². The second kappa shape index (κ2) is 4.64. The van der Waals surface area contributed by atoms with Crippen molar-refractivity contribution >= 4 is 28.5 Å². The summed E-state index contributed by atoms with van der Waals surface area (Å²) in [6, 6.07) is 1.76. The van der Waals surface area contributed by atoms with Gasteiger partial charge in [0.25, 0.3) is 5.91 Å². The smallest absolute Gasteiger partial charge is 0.268 e. The first-order valence-corrected chi connectivity index (χ1v) is 5.64.